The third-order valence-corrected chi connectivity index (χ3v) is 1.70. The lowest BCUT2D eigenvalue weighted by Gasteiger charge is -2.11. The summed E-state index contributed by atoms with van der Waals surface area (Å²) in [6.07, 6.45) is 6.52. The summed E-state index contributed by atoms with van der Waals surface area (Å²) in [5, 5.41) is 0. The van der Waals surface area contributed by atoms with Gasteiger partial charge in [0.05, 0.1) is 0 Å². The summed E-state index contributed by atoms with van der Waals surface area (Å²) in [7, 11) is 0. The van der Waals surface area contributed by atoms with E-state index in [9.17, 15) is 4.79 Å². The summed E-state index contributed by atoms with van der Waals surface area (Å²) < 4.78 is 5.00. The molecule has 1 rings (SSSR count). The van der Waals surface area contributed by atoms with Crippen LogP contribution in [0.4, 0.5) is 0 Å². The minimum Gasteiger partial charge on any atom is -0.431 e. The number of carbonyl (C=O) groups is 1. The molecule has 0 unspecified atom stereocenters. The quantitative estimate of drug-likeness (QED) is 0.568. The standard InChI is InChI=1S/C9H13O2/c1-2-9(10)11-8-6-4-3-5-7-8/h6H,1-5,7H2. The van der Waals surface area contributed by atoms with Gasteiger partial charge in [-0.1, -0.05) is 0 Å². The number of allylic oxidation sites excluding steroid dienone is 2. The predicted octanol–water partition coefficient (Wildman–Crippen LogP) is 2.21. The molecule has 0 heterocycles. The SMILES string of the molecule is [CH2]CC(=O)OC1=CCCCC1. The molecule has 1 radical (unpaired) electrons. The Morgan fingerprint density at radius 3 is 3.00 bits per heavy atom. The van der Waals surface area contributed by atoms with Gasteiger partial charge in [0.2, 0.25) is 0 Å². The van der Waals surface area contributed by atoms with Gasteiger partial charge in [-0.15, -0.1) is 0 Å². The first-order valence-corrected chi connectivity index (χ1v) is 4.02. The minimum atomic E-state index is -0.224. The molecular weight excluding hydrogens is 140 g/mol. The molecule has 2 nitrogen and oxygen atoms in total. The van der Waals surface area contributed by atoms with Crippen molar-refractivity contribution in [3.8, 4) is 0 Å². The minimum absolute atomic E-state index is 0.220. The van der Waals surface area contributed by atoms with Gasteiger partial charge >= 0.3 is 5.97 Å². The number of hydrogen-bond donors (Lipinski definition) is 0. The third kappa shape index (κ3) is 2.74. The summed E-state index contributed by atoms with van der Waals surface area (Å²) in [6, 6.07) is 0. The van der Waals surface area contributed by atoms with E-state index in [0.29, 0.717) is 0 Å². The topological polar surface area (TPSA) is 26.3 Å². The predicted molar refractivity (Wildman–Crippen MR) is 42.6 cm³/mol. The Kier molecular flexibility index (Phi) is 3.14. The highest BCUT2D eigenvalue weighted by Crippen LogP contribution is 2.18. The zero-order chi connectivity index (χ0) is 8.10. The molecule has 0 bridgehead atoms. The zero-order valence-electron chi connectivity index (χ0n) is 6.64. The van der Waals surface area contributed by atoms with Crippen LogP contribution < -0.4 is 0 Å². The van der Waals surface area contributed by atoms with Crippen LogP contribution in [0.15, 0.2) is 11.8 Å². The lowest BCUT2D eigenvalue weighted by molar-refractivity contribution is -0.138. The van der Waals surface area contributed by atoms with Crippen LogP contribution in [0.1, 0.15) is 32.1 Å². The Morgan fingerprint density at radius 1 is 1.64 bits per heavy atom. The first kappa shape index (κ1) is 8.31. The number of hydrogen-bond acceptors (Lipinski definition) is 2. The van der Waals surface area contributed by atoms with E-state index >= 15 is 0 Å². The van der Waals surface area contributed by atoms with Crippen molar-refractivity contribution in [3.05, 3.63) is 18.8 Å². The van der Waals surface area contributed by atoms with Crippen LogP contribution in [-0.2, 0) is 9.53 Å². The fourth-order valence-corrected chi connectivity index (χ4v) is 1.10. The molecule has 61 valence electrons. The van der Waals surface area contributed by atoms with Crippen molar-refractivity contribution in [2.45, 2.75) is 32.1 Å². The molecule has 0 saturated carbocycles. The molecule has 0 saturated heterocycles. The molecule has 0 aromatic carbocycles. The third-order valence-electron chi connectivity index (χ3n) is 1.70. The van der Waals surface area contributed by atoms with Crippen molar-refractivity contribution in [1.29, 1.82) is 0 Å². The van der Waals surface area contributed by atoms with E-state index in [-0.39, 0.29) is 12.4 Å². The normalized spacial score (nSPS) is 17.4. The summed E-state index contributed by atoms with van der Waals surface area (Å²) in [5.41, 5.74) is 0. The average Bonchev–Trinajstić information content (AvgIpc) is 2.06. The van der Waals surface area contributed by atoms with Crippen LogP contribution in [0.2, 0.25) is 0 Å². The Morgan fingerprint density at radius 2 is 2.45 bits per heavy atom. The highest BCUT2D eigenvalue weighted by atomic mass is 16.5. The summed E-state index contributed by atoms with van der Waals surface area (Å²) in [5.74, 6) is 0.614. The Bertz CT molecular complexity index is 170. The van der Waals surface area contributed by atoms with Crippen molar-refractivity contribution in [3.63, 3.8) is 0 Å². The smallest absolute Gasteiger partial charge is 0.310 e. The Labute approximate surface area is 67.2 Å². The molecule has 0 aromatic heterocycles. The van der Waals surface area contributed by atoms with Gasteiger partial charge in [0, 0.05) is 12.8 Å². The first-order valence-electron chi connectivity index (χ1n) is 4.02. The van der Waals surface area contributed by atoms with Crippen molar-refractivity contribution in [2.24, 2.45) is 0 Å². The van der Waals surface area contributed by atoms with Crippen molar-refractivity contribution < 1.29 is 9.53 Å². The molecule has 0 aromatic rings. The number of carbonyl (C=O) groups excluding carboxylic acids is 1. The van der Waals surface area contributed by atoms with E-state index in [1.54, 1.807) is 0 Å². The lowest BCUT2D eigenvalue weighted by Crippen LogP contribution is -2.04. The molecule has 0 aliphatic heterocycles. The number of ether oxygens (including phenoxy) is 1. The van der Waals surface area contributed by atoms with Crippen LogP contribution in [-0.4, -0.2) is 5.97 Å². The molecule has 2 heteroatoms. The van der Waals surface area contributed by atoms with Gasteiger partial charge in [-0.05, 0) is 32.3 Å². The monoisotopic (exact) mass is 153 g/mol. The molecule has 0 N–H and O–H groups in total. The van der Waals surface area contributed by atoms with Crippen LogP contribution in [0.3, 0.4) is 0 Å². The van der Waals surface area contributed by atoms with E-state index in [1.807, 2.05) is 6.08 Å². The van der Waals surface area contributed by atoms with E-state index < -0.39 is 0 Å². The molecular formula is C9H13O2. The Hall–Kier alpha value is -0.790. The van der Waals surface area contributed by atoms with Gasteiger partial charge < -0.3 is 4.74 Å². The van der Waals surface area contributed by atoms with Crippen molar-refractivity contribution in [2.75, 3.05) is 0 Å². The first-order chi connectivity index (χ1) is 5.33. The maximum atomic E-state index is 10.8. The molecule has 0 spiro atoms. The van der Waals surface area contributed by atoms with E-state index in [1.165, 1.54) is 6.42 Å². The van der Waals surface area contributed by atoms with Crippen molar-refractivity contribution >= 4 is 5.97 Å². The molecule has 0 amide bonds. The lowest BCUT2D eigenvalue weighted by atomic mass is 10.1. The molecule has 0 fully saturated rings. The van der Waals surface area contributed by atoms with Gasteiger partial charge in [-0.3, -0.25) is 4.79 Å². The van der Waals surface area contributed by atoms with Crippen LogP contribution in [0.25, 0.3) is 0 Å². The number of rotatable bonds is 2. The maximum Gasteiger partial charge on any atom is 0.310 e. The molecule has 1 aliphatic rings. The summed E-state index contributed by atoms with van der Waals surface area (Å²) in [6.45, 7) is 3.45. The fraction of sp³-hybridized carbons (Fsp3) is 0.556. The van der Waals surface area contributed by atoms with Crippen LogP contribution in [0, 0.1) is 6.92 Å². The molecule has 11 heavy (non-hydrogen) atoms. The summed E-state index contributed by atoms with van der Waals surface area (Å²) in [4.78, 5) is 10.8. The van der Waals surface area contributed by atoms with Gasteiger partial charge in [0.15, 0.2) is 0 Å². The zero-order valence-corrected chi connectivity index (χ0v) is 6.64. The second-order valence-electron chi connectivity index (χ2n) is 2.64. The van der Waals surface area contributed by atoms with E-state index in [4.69, 9.17) is 4.74 Å². The van der Waals surface area contributed by atoms with Gasteiger partial charge in [0.25, 0.3) is 0 Å². The van der Waals surface area contributed by atoms with Crippen LogP contribution >= 0.6 is 0 Å². The maximum absolute atomic E-state index is 10.8. The number of esters is 1. The second-order valence-corrected chi connectivity index (χ2v) is 2.64. The van der Waals surface area contributed by atoms with Crippen molar-refractivity contribution in [1.82, 2.24) is 0 Å². The molecule has 0 atom stereocenters. The van der Waals surface area contributed by atoms with E-state index in [0.717, 1.165) is 25.0 Å². The largest absolute Gasteiger partial charge is 0.431 e. The second kappa shape index (κ2) is 4.16. The highest BCUT2D eigenvalue weighted by Gasteiger charge is 2.07. The van der Waals surface area contributed by atoms with Gasteiger partial charge in [-0.2, -0.15) is 0 Å². The Balaban J connectivity index is 2.35. The van der Waals surface area contributed by atoms with E-state index in [2.05, 4.69) is 6.92 Å². The summed E-state index contributed by atoms with van der Waals surface area (Å²) >= 11 is 0. The van der Waals surface area contributed by atoms with Gasteiger partial charge in [-0.25, -0.2) is 0 Å². The average molecular weight is 153 g/mol. The highest BCUT2D eigenvalue weighted by molar-refractivity contribution is 5.71. The van der Waals surface area contributed by atoms with Gasteiger partial charge in [0.1, 0.15) is 5.76 Å². The van der Waals surface area contributed by atoms with Crippen LogP contribution in [0.5, 0.6) is 0 Å². The fourth-order valence-electron chi connectivity index (χ4n) is 1.10. The molecule has 1 aliphatic carbocycles.